The third-order valence-corrected chi connectivity index (χ3v) is 6.89. The fraction of sp³-hybridized carbons (Fsp3) is 0.320. The zero-order valence-corrected chi connectivity index (χ0v) is 22.5. The van der Waals surface area contributed by atoms with Crippen LogP contribution in [0.3, 0.4) is 0 Å². The molecular weight excluding hydrogens is 541 g/mol. The lowest BCUT2D eigenvalue weighted by Crippen LogP contribution is -2.20. The molecule has 14 heteroatoms. The molecule has 1 aromatic heterocycles. The molecule has 3 N–H and O–H groups in total. The van der Waals surface area contributed by atoms with Crippen LogP contribution in [0.15, 0.2) is 42.6 Å². The standard InChI is InChI=1S/C25H28F4N5O4P/c1-5-37-39(38-6-2)14-15-11-18(26)21(20(12-15)36-4)33-24-31-13-17(25(27,28)29)22(34-24)32-19-10-8-7-9-16(19)23(35)30-3/h7-13H,5-6,14H2,1-4H3,(H,30,35)(H2,31,32,33,34). The van der Waals surface area contributed by atoms with Crippen LogP contribution in [0.1, 0.15) is 35.3 Å². The highest BCUT2D eigenvalue weighted by Crippen LogP contribution is 2.44. The van der Waals surface area contributed by atoms with E-state index in [0.717, 1.165) is 0 Å². The van der Waals surface area contributed by atoms with Gasteiger partial charge in [0.25, 0.3) is 5.91 Å². The van der Waals surface area contributed by atoms with Crippen molar-refractivity contribution < 1.29 is 36.1 Å². The number of carbonyl (C=O) groups excluding carboxylic acids is 1. The highest BCUT2D eigenvalue weighted by Gasteiger charge is 2.36. The number of rotatable bonds is 12. The molecule has 0 aliphatic rings. The number of hydrogen-bond donors (Lipinski definition) is 3. The summed E-state index contributed by atoms with van der Waals surface area (Å²) in [6, 6.07) is 8.81. The zero-order chi connectivity index (χ0) is 28.6. The monoisotopic (exact) mass is 569 g/mol. The number of aromatic nitrogens is 2. The first-order valence-electron chi connectivity index (χ1n) is 11.8. The van der Waals surface area contributed by atoms with Gasteiger partial charge in [0.1, 0.15) is 22.8 Å². The Kier molecular flexibility index (Phi) is 10.4. The van der Waals surface area contributed by atoms with Gasteiger partial charge in [-0.05, 0) is 43.7 Å². The number of halogens is 4. The van der Waals surface area contributed by atoms with Crippen LogP contribution in [0.25, 0.3) is 0 Å². The minimum atomic E-state index is -4.81. The number of hydrogen-bond acceptors (Lipinski definition) is 8. The maximum absolute atomic E-state index is 15.2. The largest absolute Gasteiger partial charge is 0.494 e. The molecule has 1 heterocycles. The molecule has 1 amide bonds. The molecule has 0 spiro atoms. The fourth-order valence-corrected chi connectivity index (χ4v) is 4.80. The molecular formula is C25H28F4N5O4P. The Balaban J connectivity index is 1.97. The lowest BCUT2D eigenvalue weighted by Gasteiger charge is -2.19. The van der Waals surface area contributed by atoms with Crippen molar-refractivity contribution in [1.29, 1.82) is 0 Å². The Morgan fingerprint density at radius 1 is 1.08 bits per heavy atom. The van der Waals surface area contributed by atoms with Gasteiger partial charge in [-0.25, -0.2) is 9.37 Å². The number of carbonyl (C=O) groups is 1. The smallest absolute Gasteiger partial charge is 0.421 e. The highest BCUT2D eigenvalue weighted by molar-refractivity contribution is 7.46. The van der Waals surface area contributed by atoms with Gasteiger partial charge in [0.2, 0.25) is 5.95 Å². The molecule has 0 atom stereocenters. The van der Waals surface area contributed by atoms with Crippen LogP contribution in [0.5, 0.6) is 5.75 Å². The second-order valence-electron chi connectivity index (χ2n) is 7.81. The molecule has 0 aliphatic heterocycles. The SMILES string of the molecule is CCOP(Cc1cc(F)c(Nc2ncc(C(F)(F)F)c(Nc3ccccc3C(=O)NC)n2)c(OC)c1)OCC. The number of alkyl halides is 3. The number of benzene rings is 2. The normalized spacial score (nSPS) is 11.4. The van der Waals surface area contributed by atoms with Crippen molar-refractivity contribution in [3.63, 3.8) is 0 Å². The molecule has 0 saturated heterocycles. The summed E-state index contributed by atoms with van der Waals surface area (Å²) in [5, 5.41) is 7.60. The number of nitrogens with zero attached hydrogens (tertiary/aromatic N) is 2. The van der Waals surface area contributed by atoms with Crippen LogP contribution in [0.2, 0.25) is 0 Å². The Labute approximate surface area is 224 Å². The zero-order valence-electron chi connectivity index (χ0n) is 21.6. The number of para-hydroxylation sites is 1. The van der Waals surface area contributed by atoms with Crippen molar-refractivity contribution in [2.24, 2.45) is 0 Å². The number of nitrogens with one attached hydrogen (secondary N) is 3. The predicted octanol–water partition coefficient (Wildman–Crippen LogP) is 6.37. The maximum Gasteiger partial charge on any atom is 0.421 e. The third-order valence-electron chi connectivity index (χ3n) is 5.17. The average Bonchev–Trinajstić information content (AvgIpc) is 2.89. The van der Waals surface area contributed by atoms with E-state index in [-0.39, 0.29) is 28.6 Å². The van der Waals surface area contributed by atoms with E-state index in [0.29, 0.717) is 31.1 Å². The second-order valence-corrected chi connectivity index (χ2v) is 9.31. The van der Waals surface area contributed by atoms with Gasteiger partial charge in [0.05, 0.1) is 31.6 Å². The third kappa shape index (κ3) is 7.75. The van der Waals surface area contributed by atoms with Crippen LogP contribution >= 0.6 is 8.38 Å². The van der Waals surface area contributed by atoms with Gasteiger partial charge in [0.15, 0.2) is 14.2 Å². The summed E-state index contributed by atoms with van der Waals surface area (Å²) in [5.41, 5.74) is -0.620. The van der Waals surface area contributed by atoms with E-state index in [9.17, 15) is 18.0 Å². The first-order chi connectivity index (χ1) is 18.6. The van der Waals surface area contributed by atoms with Crippen molar-refractivity contribution in [3.05, 3.63) is 65.1 Å². The Morgan fingerprint density at radius 2 is 1.77 bits per heavy atom. The van der Waals surface area contributed by atoms with Gasteiger partial charge in [-0.1, -0.05) is 12.1 Å². The molecule has 39 heavy (non-hydrogen) atoms. The fourth-order valence-electron chi connectivity index (χ4n) is 3.48. The van der Waals surface area contributed by atoms with Crippen LogP contribution in [0, 0.1) is 5.82 Å². The molecule has 0 fully saturated rings. The Hall–Kier alpha value is -3.54. The van der Waals surface area contributed by atoms with Gasteiger partial charge in [-0.15, -0.1) is 0 Å². The van der Waals surface area contributed by atoms with Gasteiger partial charge in [0, 0.05) is 19.4 Å². The van der Waals surface area contributed by atoms with Crippen molar-refractivity contribution in [2.45, 2.75) is 26.2 Å². The summed E-state index contributed by atoms with van der Waals surface area (Å²) < 4.78 is 72.9. The summed E-state index contributed by atoms with van der Waals surface area (Å²) in [5.74, 6) is -2.14. The van der Waals surface area contributed by atoms with Gasteiger partial charge < -0.3 is 29.7 Å². The Bertz CT molecular complexity index is 1290. The topological polar surface area (TPSA) is 107 Å². The Morgan fingerprint density at radius 3 is 2.38 bits per heavy atom. The quantitative estimate of drug-likeness (QED) is 0.171. The van der Waals surface area contributed by atoms with Crippen LogP contribution in [0.4, 0.5) is 40.7 Å². The molecule has 3 rings (SSSR count). The summed E-state index contributed by atoms with van der Waals surface area (Å²) in [7, 11) is 1.44. The average molecular weight is 569 g/mol. The number of amides is 1. The van der Waals surface area contributed by atoms with Gasteiger partial charge >= 0.3 is 6.18 Å². The highest BCUT2D eigenvalue weighted by atomic mass is 31.2. The number of methoxy groups -OCH3 is 1. The molecule has 0 bridgehead atoms. The molecule has 9 nitrogen and oxygen atoms in total. The molecule has 210 valence electrons. The first-order valence-corrected chi connectivity index (χ1v) is 13.2. The van der Waals surface area contributed by atoms with E-state index < -0.39 is 37.7 Å². The van der Waals surface area contributed by atoms with Crippen LogP contribution in [-0.4, -0.2) is 43.2 Å². The number of ether oxygens (including phenoxy) is 1. The lowest BCUT2D eigenvalue weighted by molar-refractivity contribution is -0.137. The first kappa shape index (κ1) is 30.0. The lowest BCUT2D eigenvalue weighted by atomic mass is 10.1. The molecule has 0 aliphatic carbocycles. The van der Waals surface area contributed by atoms with Gasteiger partial charge in [-0.3, -0.25) is 4.79 Å². The summed E-state index contributed by atoms with van der Waals surface area (Å²) in [6.45, 7) is 4.51. The molecule has 0 saturated carbocycles. The van der Waals surface area contributed by atoms with E-state index in [2.05, 4.69) is 25.9 Å². The van der Waals surface area contributed by atoms with Crippen molar-refractivity contribution >= 4 is 37.4 Å². The van der Waals surface area contributed by atoms with E-state index in [1.807, 2.05) is 13.8 Å². The second kappa shape index (κ2) is 13.5. The maximum atomic E-state index is 15.2. The molecule has 2 aromatic carbocycles. The van der Waals surface area contributed by atoms with Crippen LogP contribution in [-0.2, 0) is 21.4 Å². The van der Waals surface area contributed by atoms with E-state index >= 15 is 4.39 Å². The number of anilines is 4. The van der Waals surface area contributed by atoms with Crippen molar-refractivity contribution in [1.82, 2.24) is 15.3 Å². The summed E-state index contributed by atoms with van der Waals surface area (Å²) in [6.07, 6.45) is -3.94. The van der Waals surface area contributed by atoms with Crippen molar-refractivity contribution in [2.75, 3.05) is 38.0 Å². The van der Waals surface area contributed by atoms with Crippen LogP contribution < -0.4 is 20.7 Å². The predicted molar refractivity (Wildman–Crippen MR) is 140 cm³/mol. The van der Waals surface area contributed by atoms with E-state index in [1.165, 1.54) is 32.4 Å². The summed E-state index contributed by atoms with van der Waals surface area (Å²) >= 11 is 0. The molecule has 3 aromatic rings. The van der Waals surface area contributed by atoms with E-state index in [4.69, 9.17) is 13.8 Å². The minimum Gasteiger partial charge on any atom is -0.494 e. The van der Waals surface area contributed by atoms with E-state index in [1.54, 1.807) is 18.2 Å². The molecule has 0 unspecified atom stereocenters. The van der Waals surface area contributed by atoms with Crippen molar-refractivity contribution in [3.8, 4) is 5.75 Å². The molecule has 0 radical (unpaired) electrons. The van der Waals surface area contributed by atoms with Gasteiger partial charge in [-0.2, -0.15) is 18.2 Å². The summed E-state index contributed by atoms with van der Waals surface area (Å²) in [4.78, 5) is 19.9. The minimum absolute atomic E-state index is 0.0796.